The molecule has 5 nitrogen and oxygen atoms in total. The number of benzene rings is 2. The molecule has 0 bridgehead atoms. The molecule has 0 aliphatic heterocycles. The van der Waals surface area contributed by atoms with E-state index in [0.717, 1.165) is 28.1 Å². The van der Waals surface area contributed by atoms with Crippen LogP contribution in [0, 0.1) is 20.4 Å². The summed E-state index contributed by atoms with van der Waals surface area (Å²) in [4.78, 5) is 14.6. The minimum absolute atomic E-state index is 0.216. The molecule has 1 heterocycles. The normalized spacial score (nSPS) is 10.3. The fourth-order valence-electron chi connectivity index (χ4n) is 2.52. The molecule has 25 heavy (non-hydrogen) atoms. The van der Waals surface area contributed by atoms with E-state index in [2.05, 4.69) is 15.0 Å². The van der Waals surface area contributed by atoms with Crippen LogP contribution in [-0.4, -0.2) is 10.2 Å². The summed E-state index contributed by atoms with van der Waals surface area (Å²) in [6.07, 6.45) is 0.592. The predicted molar refractivity (Wildman–Crippen MR) is 96.4 cm³/mol. The second-order valence-electron chi connectivity index (χ2n) is 5.91. The molecule has 0 unspecified atom stereocenters. The number of nitrogens with one attached hydrogen (secondary N) is 1. The smallest absolute Gasteiger partial charge is 0.264 e. The molecular weight excluding hydrogens is 314 g/mol. The van der Waals surface area contributed by atoms with E-state index in [4.69, 9.17) is 11.3 Å². The highest BCUT2D eigenvalue weighted by Gasteiger charge is 2.07. The second-order valence-corrected chi connectivity index (χ2v) is 5.91. The number of ether oxygens (including phenoxy) is 1. The van der Waals surface area contributed by atoms with Crippen molar-refractivity contribution in [1.82, 2.24) is 10.2 Å². The van der Waals surface area contributed by atoms with Crippen molar-refractivity contribution in [2.75, 3.05) is 0 Å². The second kappa shape index (κ2) is 7.02. The molecule has 0 amide bonds. The average molecular weight is 331 g/mol. The molecule has 5 heteroatoms. The van der Waals surface area contributed by atoms with Crippen LogP contribution in [0.3, 0.4) is 0 Å². The summed E-state index contributed by atoms with van der Waals surface area (Å²) >= 11 is 0. The highest BCUT2D eigenvalue weighted by molar-refractivity contribution is 5.53. The van der Waals surface area contributed by atoms with Gasteiger partial charge in [0, 0.05) is 12.5 Å². The third-order valence-corrected chi connectivity index (χ3v) is 3.77. The zero-order valence-electron chi connectivity index (χ0n) is 14.0. The Kier molecular flexibility index (Phi) is 4.62. The molecule has 0 fully saturated rings. The van der Waals surface area contributed by atoms with Gasteiger partial charge in [-0.15, -0.1) is 0 Å². The Morgan fingerprint density at radius 3 is 2.68 bits per heavy atom. The summed E-state index contributed by atoms with van der Waals surface area (Å²) < 4.78 is 6.01. The summed E-state index contributed by atoms with van der Waals surface area (Å²) in [7, 11) is 0. The largest absolute Gasteiger partial charge is 0.458 e. The Morgan fingerprint density at radius 1 is 1.12 bits per heavy atom. The van der Waals surface area contributed by atoms with Gasteiger partial charge in [0.15, 0.2) is 5.69 Å². The van der Waals surface area contributed by atoms with Gasteiger partial charge < -0.3 is 4.74 Å². The maximum atomic E-state index is 11.1. The maximum Gasteiger partial charge on any atom is 0.264 e. The monoisotopic (exact) mass is 331 g/mol. The van der Waals surface area contributed by atoms with Crippen LogP contribution in [-0.2, 0) is 6.42 Å². The summed E-state index contributed by atoms with van der Waals surface area (Å²) in [5, 5.41) is 6.47. The molecule has 0 atom stereocenters. The van der Waals surface area contributed by atoms with E-state index in [0.29, 0.717) is 17.9 Å². The minimum Gasteiger partial charge on any atom is -0.458 e. The fraction of sp³-hybridized carbons (Fsp3) is 0.150. The van der Waals surface area contributed by atoms with Crippen molar-refractivity contribution in [2.24, 2.45) is 0 Å². The minimum atomic E-state index is -0.216. The number of hydrogen-bond donors (Lipinski definition) is 1. The fourth-order valence-corrected chi connectivity index (χ4v) is 2.52. The van der Waals surface area contributed by atoms with E-state index in [1.54, 1.807) is 12.1 Å². The molecule has 0 radical (unpaired) electrons. The number of rotatable bonds is 4. The first kappa shape index (κ1) is 16.5. The van der Waals surface area contributed by atoms with Crippen molar-refractivity contribution in [3.05, 3.63) is 92.7 Å². The summed E-state index contributed by atoms with van der Waals surface area (Å²) in [5.74, 6) is 1.39. The topological polar surface area (TPSA) is 59.3 Å². The molecule has 1 aromatic heterocycles. The van der Waals surface area contributed by atoms with Gasteiger partial charge in [-0.3, -0.25) is 4.79 Å². The Bertz CT molecular complexity index is 996. The van der Waals surface area contributed by atoms with Gasteiger partial charge in [0.2, 0.25) is 0 Å². The zero-order chi connectivity index (χ0) is 17.8. The molecule has 2 aromatic carbocycles. The Balaban J connectivity index is 1.87. The van der Waals surface area contributed by atoms with Crippen molar-refractivity contribution in [2.45, 2.75) is 20.3 Å². The lowest BCUT2D eigenvalue weighted by molar-refractivity contribution is 0.478. The SMILES string of the molecule is [C-]#[N+]c1cc(C)cc(Oc2cc(Cc3ccc(=O)[nH]n3)ccc2C)c1. The lowest BCUT2D eigenvalue weighted by Crippen LogP contribution is -2.07. The number of nitrogens with zero attached hydrogens (tertiary/aromatic N) is 2. The van der Waals surface area contributed by atoms with E-state index < -0.39 is 0 Å². The Hall–Kier alpha value is -3.39. The summed E-state index contributed by atoms with van der Waals surface area (Å²) in [6, 6.07) is 14.6. The van der Waals surface area contributed by atoms with Crippen molar-refractivity contribution >= 4 is 5.69 Å². The van der Waals surface area contributed by atoms with E-state index >= 15 is 0 Å². The van der Waals surface area contributed by atoms with Crippen LogP contribution in [0.2, 0.25) is 0 Å². The molecule has 124 valence electrons. The number of aryl methyl sites for hydroxylation is 2. The predicted octanol–water partition coefficient (Wildman–Crippen LogP) is 4.32. The Morgan fingerprint density at radius 2 is 1.96 bits per heavy atom. The van der Waals surface area contributed by atoms with Gasteiger partial charge in [-0.2, -0.15) is 5.10 Å². The number of aromatic nitrogens is 2. The van der Waals surface area contributed by atoms with Gasteiger partial charge in [0.1, 0.15) is 11.5 Å². The van der Waals surface area contributed by atoms with Gasteiger partial charge in [-0.25, -0.2) is 9.94 Å². The van der Waals surface area contributed by atoms with Gasteiger partial charge in [0.05, 0.1) is 12.3 Å². The van der Waals surface area contributed by atoms with E-state index in [1.807, 2.05) is 44.2 Å². The number of hydrogen-bond acceptors (Lipinski definition) is 3. The lowest BCUT2D eigenvalue weighted by atomic mass is 10.1. The molecule has 0 saturated heterocycles. The molecular formula is C20H17N3O2. The van der Waals surface area contributed by atoms with Crippen LogP contribution in [0.25, 0.3) is 4.85 Å². The maximum absolute atomic E-state index is 11.1. The van der Waals surface area contributed by atoms with E-state index in [9.17, 15) is 4.79 Å². The number of aromatic amines is 1. The third kappa shape index (κ3) is 4.12. The molecule has 0 saturated carbocycles. The average Bonchev–Trinajstić information content (AvgIpc) is 2.59. The van der Waals surface area contributed by atoms with Crippen molar-refractivity contribution in [3.63, 3.8) is 0 Å². The van der Waals surface area contributed by atoms with Gasteiger partial charge in [-0.05, 0) is 49.2 Å². The first-order chi connectivity index (χ1) is 12.0. The molecule has 0 spiro atoms. The molecule has 0 aliphatic rings. The lowest BCUT2D eigenvalue weighted by Gasteiger charge is -2.12. The van der Waals surface area contributed by atoms with E-state index in [1.165, 1.54) is 6.07 Å². The van der Waals surface area contributed by atoms with Gasteiger partial charge in [0.25, 0.3) is 5.56 Å². The van der Waals surface area contributed by atoms with Crippen molar-refractivity contribution in [3.8, 4) is 11.5 Å². The standard InChI is InChI=1S/C20H17N3O2/c1-13-8-17(21-3)12-18(9-13)25-19-11-15(5-4-14(19)2)10-16-6-7-20(24)23-22-16/h4-9,11-12H,10H2,1-2H3,(H,23,24). The van der Waals surface area contributed by atoms with Crippen LogP contribution in [0.4, 0.5) is 5.69 Å². The van der Waals surface area contributed by atoms with E-state index in [-0.39, 0.29) is 5.56 Å². The first-order valence-electron chi connectivity index (χ1n) is 7.84. The van der Waals surface area contributed by atoms with Gasteiger partial charge >= 0.3 is 0 Å². The van der Waals surface area contributed by atoms with Crippen LogP contribution in [0.15, 0.2) is 53.3 Å². The van der Waals surface area contributed by atoms with Gasteiger partial charge in [-0.1, -0.05) is 23.8 Å². The van der Waals surface area contributed by atoms with Crippen molar-refractivity contribution < 1.29 is 4.74 Å². The third-order valence-electron chi connectivity index (χ3n) is 3.77. The van der Waals surface area contributed by atoms with Crippen LogP contribution in [0.5, 0.6) is 11.5 Å². The molecule has 3 aromatic rings. The highest BCUT2D eigenvalue weighted by atomic mass is 16.5. The Labute approximate surface area is 145 Å². The quantitative estimate of drug-likeness (QED) is 0.724. The first-order valence-corrected chi connectivity index (χ1v) is 7.84. The van der Waals surface area contributed by atoms with Crippen LogP contribution < -0.4 is 10.3 Å². The zero-order valence-corrected chi connectivity index (χ0v) is 14.0. The van der Waals surface area contributed by atoms with Crippen LogP contribution >= 0.6 is 0 Å². The highest BCUT2D eigenvalue weighted by Crippen LogP contribution is 2.30. The molecule has 1 N–H and O–H groups in total. The summed E-state index contributed by atoms with van der Waals surface area (Å²) in [5.41, 5.74) is 4.13. The molecule has 3 rings (SSSR count). The van der Waals surface area contributed by atoms with Crippen molar-refractivity contribution in [1.29, 1.82) is 0 Å². The van der Waals surface area contributed by atoms with Crippen LogP contribution in [0.1, 0.15) is 22.4 Å². The molecule has 0 aliphatic carbocycles. The summed E-state index contributed by atoms with van der Waals surface area (Å²) in [6.45, 7) is 11.1. The number of H-pyrrole nitrogens is 1.